The van der Waals surface area contributed by atoms with E-state index in [1.54, 1.807) is 0 Å². The molecule has 1 aromatic carbocycles. The molecule has 2 aromatic rings. The van der Waals surface area contributed by atoms with Crippen LogP contribution in [0.15, 0.2) is 42.5 Å². The van der Waals surface area contributed by atoms with Gasteiger partial charge >= 0.3 is 0 Å². The Morgan fingerprint density at radius 1 is 1.12 bits per heavy atom. The predicted molar refractivity (Wildman–Crippen MR) is 99.6 cm³/mol. The molecule has 1 saturated heterocycles. The largest absolute Gasteiger partial charge is 0.361 e. The molecule has 0 bridgehead atoms. The summed E-state index contributed by atoms with van der Waals surface area (Å²) in [6.45, 7) is 2.26. The summed E-state index contributed by atoms with van der Waals surface area (Å²) in [5.41, 5.74) is 1.13. The average Bonchev–Trinajstić information content (AvgIpc) is 2.67. The molecule has 2 heterocycles. The van der Waals surface area contributed by atoms with Crippen molar-refractivity contribution in [3.8, 4) is 0 Å². The quantitative estimate of drug-likeness (QED) is 0.904. The summed E-state index contributed by atoms with van der Waals surface area (Å²) < 4.78 is 0. The first-order valence-corrected chi connectivity index (χ1v) is 8.71. The summed E-state index contributed by atoms with van der Waals surface area (Å²) in [4.78, 5) is 16.5. The van der Waals surface area contributed by atoms with Crippen LogP contribution in [0.25, 0.3) is 0 Å². The van der Waals surface area contributed by atoms with E-state index in [0.29, 0.717) is 6.54 Å². The molecule has 6 heteroatoms. The van der Waals surface area contributed by atoms with E-state index >= 15 is 0 Å². The first-order chi connectivity index (χ1) is 12.1. The van der Waals surface area contributed by atoms with Crippen LogP contribution >= 0.6 is 0 Å². The highest BCUT2D eigenvalue weighted by molar-refractivity contribution is 5.79. The van der Waals surface area contributed by atoms with E-state index in [0.717, 1.165) is 43.1 Å². The van der Waals surface area contributed by atoms with Gasteiger partial charge in [-0.2, -0.15) is 0 Å². The second kappa shape index (κ2) is 7.96. The van der Waals surface area contributed by atoms with Crippen LogP contribution in [-0.2, 0) is 11.3 Å². The molecule has 132 valence electrons. The summed E-state index contributed by atoms with van der Waals surface area (Å²) in [7, 11) is 3.90. The lowest BCUT2D eigenvalue weighted by molar-refractivity contribution is -0.125. The number of piperidine rings is 1. The van der Waals surface area contributed by atoms with Crippen molar-refractivity contribution in [2.75, 3.05) is 37.0 Å². The van der Waals surface area contributed by atoms with E-state index in [2.05, 4.69) is 20.4 Å². The van der Waals surface area contributed by atoms with Crippen molar-refractivity contribution in [2.45, 2.75) is 19.4 Å². The Morgan fingerprint density at radius 3 is 2.44 bits per heavy atom. The van der Waals surface area contributed by atoms with Gasteiger partial charge in [0.25, 0.3) is 0 Å². The summed E-state index contributed by atoms with van der Waals surface area (Å²) in [5.74, 6) is 1.96. The summed E-state index contributed by atoms with van der Waals surface area (Å²) in [6.07, 6.45) is 1.69. The number of benzene rings is 1. The third kappa shape index (κ3) is 4.47. The van der Waals surface area contributed by atoms with Crippen LogP contribution < -0.4 is 15.1 Å². The lowest BCUT2D eigenvalue weighted by atomic mass is 9.96. The Labute approximate surface area is 148 Å². The zero-order chi connectivity index (χ0) is 17.6. The number of carbonyl (C=O) groups excluding carboxylic acids is 1. The zero-order valence-corrected chi connectivity index (χ0v) is 14.9. The minimum atomic E-state index is 0.0777. The number of amides is 1. The van der Waals surface area contributed by atoms with Crippen molar-refractivity contribution >= 4 is 17.5 Å². The normalized spacial score (nSPS) is 15.0. The van der Waals surface area contributed by atoms with Gasteiger partial charge in [-0.15, -0.1) is 10.2 Å². The number of nitrogens with zero attached hydrogens (tertiary/aromatic N) is 4. The van der Waals surface area contributed by atoms with Crippen molar-refractivity contribution in [2.24, 2.45) is 5.92 Å². The Bertz CT molecular complexity index is 679. The van der Waals surface area contributed by atoms with Gasteiger partial charge in [0.05, 0.1) is 0 Å². The Kier molecular flexibility index (Phi) is 5.48. The molecule has 1 aromatic heterocycles. The van der Waals surface area contributed by atoms with E-state index in [9.17, 15) is 4.79 Å². The average molecular weight is 339 g/mol. The van der Waals surface area contributed by atoms with Crippen LogP contribution in [0.5, 0.6) is 0 Å². The van der Waals surface area contributed by atoms with Gasteiger partial charge in [-0.05, 0) is 30.5 Å². The second-order valence-electron chi connectivity index (χ2n) is 6.61. The number of carbonyl (C=O) groups is 1. The fraction of sp³-hybridized carbons (Fsp3) is 0.421. The first-order valence-electron chi connectivity index (χ1n) is 8.71. The number of anilines is 2. The van der Waals surface area contributed by atoms with Crippen molar-refractivity contribution in [1.82, 2.24) is 15.5 Å². The van der Waals surface area contributed by atoms with Crippen molar-refractivity contribution in [3.05, 3.63) is 48.0 Å². The van der Waals surface area contributed by atoms with Gasteiger partial charge in [-0.3, -0.25) is 4.79 Å². The smallest absolute Gasteiger partial charge is 0.223 e. The van der Waals surface area contributed by atoms with Crippen LogP contribution in [0.2, 0.25) is 0 Å². The minimum Gasteiger partial charge on any atom is -0.361 e. The maximum atomic E-state index is 12.4. The summed E-state index contributed by atoms with van der Waals surface area (Å²) >= 11 is 0. The number of aromatic nitrogens is 2. The van der Waals surface area contributed by atoms with Crippen molar-refractivity contribution in [1.29, 1.82) is 0 Å². The van der Waals surface area contributed by atoms with Crippen LogP contribution in [0.1, 0.15) is 18.4 Å². The van der Waals surface area contributed by atoms with Gasteiger partial charge in [0, 0.05) is 39.6 Å². The van der Waals surface area contributed by atoms with Gasteiger partial charge in [0.15, 0.2) is 11.6 Å². The van der Waals surface area contributed by atoms with Gasteiger partial charge in [0.1, 0.15) is 0 Å². The van der Waals surface area contributed by atoms with Gasteiger partial charge in [-0.1, -0.05) is 30.3 Å². The molecule has 0 unspecified atom stereocenters. The number of nitrogens with one attached hydrogen (secondary N) is 1. The third-order valence-electron chi connectivity index (χ3n) is 4.59. The highest BCUT2D eigenvalue weighted by Crippen LogP contribution is 2.22. The Balaban J connectivity index is 1.48. The lowest BCUT2D eigenvalue weighted by Crippen LogP contribution is -2.40. The molecule has 0 radical (unpaired) electrons. The summed E-state index contributed by atoms with van der Waals surface area (Å²) in [6, 6.07) is 14.0. The zero-order valence-electron chi connectivity index (χ0n) is 14.9. The van der Waals surface area contributed by atoms with Gasteiger partial charge in [0.2, 0.25) is 5.91 Å². The molecule has 0 saturated carbocycles. The van der Waals surface area contributed by atoms with Crippen LogP contribution in [0, 0.1) is 5.92 Å². The molecule has 25 heavy (non-hydrogen) atoms. The van der Waals surface area contributed by atoms with E-state index in [4.69, 9.17) is 0 Å². The Morgan fingerprint density at radius 2 is 1.84 bits per heavy atom. The molecule has 3 rings (SSSR count). The maximum absolute atomic E-state index is 12.4. The summed E-state index contributed by atoms with van der Waals surface area (Å²) in [5, 5.41) is 11.6. The molecule has 1 N–H and O–H groups in total. The topological polar surface area (TPSA) is 61.4 Å². The highest BCUT2D eigenvalue weighted by Gasteiger charge is 2.25. The molecule has 0 spiro atoms. The molecule has 6 nitrogen and oxygen atoms in total. The van der Waals surface area contributed by atoms with E-state index < -0.39 is 0 Å². The standard InChI is InChI=1S/C19H25N5O/c1-23(2)17-8-9-18(22-21-17)24-12-10-16(11-13-24)19(25)20-14-15-6-4-3-5-7-15/h3-9,16H,10-14H2,1-2H3,(H,20,25). The SMILES string of the molecule is CN(C)c1ccc(N2CCC(C(=O)NCc3ccccc3)CC2)nn1. The maximum Gasteiger partial charge on any atom is 0.223 e. The molecule has 0 atom stereocenters. The van der Waals surface area contributed by atoms with Gasteiger partial charge in [-0.25, -0.2) is 0 Å². The van der Waals surface area contributed by atoms with Gasteiger partial charge < -0.3 is 15.1 Å². The first kappa shape index (κ1) is 17.2. The number of rotatable bonds is 5. The second-order valence-corrected chi connectivity index (χ2v) is 6.61. The fourth-order valence-electron chi connectivity index (χ4n) is 3.03. The molecular weight excluding hydrogens is 314 g/mol. The van der Waals surface area contributed by atoms with Crippen LogP contribution in [0.4, 0.5) is 11.6 Å². The van der Waals surface area contributed by atoms with Crippen LogP contribution in [-0.4, -0.2) is 43.3 Å². The predicted octanol–water partition coefficient (Wildman–Crippen LogP) is 2.08. The minimum absolute atomic E-state index is 0.0777. The van der Waals surface area contributed by atoms with E-state index in [-0.39, 0.29) is 11.8 Å². The molecule has 1 aliphatic heterocycles. The number of hydrogen-bond acceptors (Lipinski definition) is 5. The van der Waals surface area contributed by atoms with Crippen molar-refractivity contribution in [3.63, 3.8) is 0 Å². The number of hydrogen-bond donors (Lipinski definition) is 1. The van der Waals surface area contributed by atoms with E-state index in [1.165, 1.54) is 0 Å². The third-order valence-corrected chi connectivity index (χ3v) is 4.59. The highest BCUT2D eigenvalue weighted by atomic mass is 16.1. The Hall–Kier alpha value is -2.63. The lowest BCUT2D eigenvalue weighted by Gasteiger charge is -2.32. The van der Waals surface area contributed by atoms with E-state index in [1.807, 2.05) is 61.5 Å². The molecular formula is C19H25N5O. The molecule has 0 aliphatic carbocycles. The monoisotopic (exact) mass is 339 g/mol. The molecule has 1 amide bonds. The fourth-order valence-corrected chi connectivity index (χ4v) is 3.03. The van der Waals surface area contributed by atoms with Crippen molar-refractivity contribution < 1.29 is 4.79 Å². The molecule has 1 aliphatic rings. The van der Waals surface area contributed by atoms with Crippen LogP contribution in [0.3, 0.4) is 0 Å². The molecule has 1 fully saturated rings.